The molecule has 0 saturated carbocycles. The summed E-state index contributed by atoms with van der Waals surface area (Å²) in [4.78, 5) is 21.7. The minimum Gasteiger partial charge on any atom is -0.391 e. The van der Waals surface area contributed by atoms with Crippen molar-refractivity contribution < 1.29 is 14.3 Å². The summed E-state index contributed by atoms with van der Waals surface area (Å²) in [6, 6.07) is -0.924. The minimum atomic E-state index is -0.466. The van der Waals surface area contributed by atoms with E-state index in [1.54, 1.807) is 0 Å². The van der Waals surface area contributed by atoms with Gasteiger partial charge in [-0.05, 0) is 0 Å². The van der Waals surface area contributed by atoms with Crippen molar-refractivity contribution in [2.45, 2.75) is 12.1 Å². The van der Waals surface area contributed by atoms with Gasteiger partial charge in [0.2, 0.25) is 0 Å². The molecule has 0 aromatic rings. The predicted molar refractivity (Wildman–Crippen MR) is 34.7 cm³/mol. The Morgan fingerprint density at radius 3 is 2.00 bits per heavy atom. The van der Waals surface area contributed by atoms with Gasteiger partial charge in [0.05, 0.1) is 0 Å². The molecule has 2 aliphatic rings. The Hall–Kier alpha value is -0.940. The number of cyclic esters (lactones) is 2. The molecule has 5 heteroatoms. The van der Waals surface area contributed by atoms with E-state index in [-0.39, 0.29) is 0 Å². The van der Waals surface area contributed by atoms with Crippen LogP contribution in [0.1, 0.15) is 0 Å². The molecule has 2 fully saturated rings. The van der Waals surface area contributed by atoms with Gasteiger partial charge in [-0.15, -0.1) is 0 Å². The molecule has 0 amide bonds. The van der Waals surface area contributed by atoms with E-state index >= 15 is 0 Å². The molecule has 2 saturated heterocycles. The van der Waals surface area contributed by atoms with Crippen LogP contribution >= 0.6 is 0 Å². The number of piperazine rings is 1. The SMILES string of the molecule is O=C1OC(=O)[C@@H]2NCCN[C@@H]12. The van der Waals surface area contributed by atoms with Gasteiger partial charge < -0.3 is 15.4 Å². The van der Waals surface area contributed by atoms with Crippen LogP contribution in [-0.2, 0) is 14.3 Å². The Kier molecular flexibility index (Phi) is 1.40. The fourth-order valence-electron chi connectivity index (χ4n) is 1.36. The van der Waals surface area contributed by atoms with E-state index in [0.717, 1.165) is 0 Å². The van der Waals surface area contributed by atoms with Crippen LogP contribution in [0.3, 0.4) is 0 Å². The van der Waals surface area contributed by atoms with Crippen LogP contribution in [-0.4, -0.2) is 37.1 Å². The number of esters is 2. The van der Waals surface area contributed by atoms with E-state index in [9.17, 15) is 9.59 Å². The second-order valence-corrected chi connectivity index (χ2v) is 2.60. The zero-order valence-corrected chi connectivity index (χ0v) is 5.79. The first-order chi connectivity index (χ1) is 5.29. The third kappa shape index (κ3) is 0.928. The normalized spacial score (nSPS) is 36.7. The largest absolute Gasteiger partial charge is 0.391 e. The van der Waals surface area contributed by atoms with E-state index < -0.39 is 24.0 Å². The van der Waals surface area contributed by atoms with Gasteiger partial charge in [0.15, 0.2) is 0 Å². The van der Waals surface area contributed by atoms with Crippen molar-refractivity contribution in [1.29, 1.82) is 0 Å². The summed E-state index contributed by atoms with van der Waals surface area (Å²) in [5, 5.41) is 5.81. The fourth-order valence-corrected chi connectivity index (χ4v) is 1.36. The zero-order valence-electron chi connectivity index (χ0n) is 5.79. The number of carbonyl (C=O) groups is 2. The molecule has 2 atom stereocenters. The van der Waals surface area contributed by atoms with E-state index in [4.69, 9.17) is 0 Å². The molecule has 2 heterocycles. The Labute approximate surface area is 63.1 Å². The van der Waals surface area contributed by atoms with Crippen molar-refractivity contribution in [2.24, 2.45) is 0 Å². The molecular formula is C6H8N2O3. The monoisotopic (exact) mass is 156 g/mol. The molecule has 0 unspecified atom stereocenters. The number of hydrogen-bond acceptors (Lipinski definition) is 5. The molecule has 5 nitrogen and oxygen atoms in total. The highest BCUT2D eigenvalue weighted by molar-refractivity contribution is 6.01. The second-order valence-electron chi connectivity index (χ2n) is 2.60. The molecule has 0 radical (unpaired) electrons. The van der Waals surface area contributed by atoms with Gasteiger partial charge in [0.1, 0.15) is 12.1 Å². The lowest BCUT2D eigenvalue weighted by Crippen LogP contribution is -2.57. The van der Waals surface area contributed by atoms with Crippen molar-refractivity contribution in [2.75, 3.05) is 13.1 Å². The van der Waals surface area contributed by atoms with Gasteiger partial charge >= 0.3 is 11.9 Å². The van der Waals surface area contributed by atoms with Gasteiger partial charge in [-0.1, -0.05) is 0 Å². The van der Waals surface area contributed by atoms with E-state index in [1.807, 2.05) is 0 Å². The van der Waals surface area contributed by atoms with Gasteiger partial charge in [0.25, 0.3) is 0 Å². The summed E-state index contributed by atoms with van der Waals surface area (Å²) in [6.45, 7) is 1.40. The number of carbonyl (C=O) groups excluding carboxylic acids is 2. The molecular weight excluding hydrogens is 148 g/mol. The second kappa shape index (κ2) is 2.28. The van der Waals surface area contributed by atoms with Gasteiger partial charge in [-0.3, -0.25) is 0 Å². The van der Waals surface area contributed by atoms with E-state index in [0.29, 0.717) is 13.1 Å². The molecule has 0 bridgehead atoms. The topological polar surface area (TPSA) is 67.4 Å². The van der Waals surface area contributed by atoms with Crippen LogP contribution in [0.4, 0.5) is 0 Å². The van der Waals surface area contributed by atoms with Crippen LogP contribution in [0.25, 0.3) is 0 Å². The van der Waals surface area contributed by atoms with E-state index in [2.05, 4.69) is 15.4 Å². The Balaban J connectivity index is 2.19. The average Bonchev–Trinajstić information content (AvgIpc) is 2.30. The molecule has 0 aromatic heterocycles. The molecule has 11 heavy (non-hydrogen) atoms. The van der Waals surface area contributed by atoms with Crippen molar-refractivity contribution >= 4 is 11.9 Å². The Morgan fingerprint density at radius 1 is 1.09 bits per heavy atom. The van der Waals surface area contributed by atoms with E-state index in [1.165, 1.54) is 0 Å². The highest BCUT2D eigenvalue weighted by atomic mass is 16.6. The molecule has 2 N–H and O–H groups in total. The van der Waals surface area contributed by atoms with Crippen LogP contribution in [0.15, 0.2) is 0 Å². The van der Waals surface area contributed by atoms with Crippen LogP contribution in [0, 0.1) is 0 Å². The lowest BCUT2D eigenvalue weighted by atomic mass is 10.1. The highest BCUT2D eigenvalue weighted by Crippen LogP contribution is 2.10. The van der Waals surface area contributed by atoms with Crippen molar-refractivity contribution in [3.05, 3.63) is 0 Å². The smallest absolute Gasteiger partial charge is 0.333 e. The number of ether oxygens (including phenoxy) is 1. The maximum absolute atomic E-state index is 10.9. The summed E-state index contributed by atoms with van der Waals surface area (Å²) in [6.07, 6.45) is 0. The summed E-state index contributed by atoms with van der Waals surface area (Å²) in [7, 11) is 0. The first kappa shape index (κ1) is 6.75. The fraction of sp³-hybridized carbons (Fsp3) is 0.667. The molecule has 0 aliphatic carbocycles. The lowest BCUT2D eigenvalue weighted by molar-refractivity contribution is -0.152. The Bertz CT molecular complexity index is 194. The van der Waals surface area contributed by atoms with Gasteiger partial charge in [0, 0.05) is 13.1 Å². The summed E-state index contributed by atoms with van der Waals surface area (Å²) in [5.74, 6) is -0.931. The molecule has 2 aliphatic heterocycles. The maximum atomic E-state index is 10.9. The van der Waals surface area contributed by atoms with Crippen LogP contribution < -0.4 is 10.6 Å². The summed E-state index contributed by atoms with van der Waals surface area (Å²) >= 11 is 0. The van der Waals surface area contributed by atoms with Crippen molar-refractivity contribution in [3.63, 3.8) is 0 Å². The standard InChI is InChI=1S/C6H8N2O3/c9-5-3-4(6(10)11-5)8-2-1-7-3/h3-4,7-8H,1-2H2/t3-,4-/m1/s1. The minimum absolute atomic E-state index is 0.462. The quantitative estimate of drug-likeness (QED) is 0.313. The molecule has 2 rings (SSSR count). The number of fused-ring (bicyclic) bond motifs is 1. The van der Waals surface area contributed by atoms with Crippen LogP contribution in [0.2, 0.25) is 0 Å². The summed E-state index contributed by atoms with van der Waals surface area (Å²) in [5.41, 5.74) is 0. The lowest BCUT2D eigenvalue weighted by Gasteiger charge is -2.21. The number of hydrogen-bond donors (Lipinski definition) is 2. The maximum Gasteiger partial charge on any atom is 0.333 e. The molecule has 60 valence electrons. The zero-order chi connectivity index (χ0) is 7.84. The van der Waals surface area contributed by atoms with Crippen LogP contribution in [0.5, 0.6) is 0 Å². The third-order valence-electron chi connectivity index (χ3n) is 1.90. The summed E-state index contributed by atoms with van der Waals surface area (Å²) < 4.78 is 4.41. The average molecular weight is 156 g/mol. The highest BCUT2D eigenvalue weighted by Gasteiger charge is 2.45. The van der Waals surface area contributed by atoms with Gasteiger partial charge in [-0.25, -0.2) is 9.59 Å². The molecule has 0 aromatic carbocycles. The predicted octanol–water partition coefficient (Wildman–Crippen LogP) is -2.00. The van der Waals surface area contributed by atoms with Crippen molar-refractivity contribution in [1.82, 2.24) is 10.6 Å². The molecule has 0 spiro atoms. The first-order valence-corrected chi connectivity index (χ1v) is 3.51. The van der Waals surface area contributed by atoms with Gasteiger partial charge in [-0.2, -0.15) is 0 Å². The first-order valence-electron chi connectivity index (χ1n) is 3.51. The van der Waals surface area contributed by atoms with Crippen molar-refractivity contribution in [3.8, 4) is 0 Å². The third-order valence-corrected chi connectivity index (χ3v) is 1.90. The number of nitrogens with one attached hydrogen (secondary N) is 2. The number of rotatable bonds is 0. The Morgan fingerprint density at radius 2 is 1.55 bits per heavy atom.